The highest BCUT2D eigenvalue weighted by atomic mass is 35.5. The number of anilines is 1. The van der Waals surface area contributed by atoms with E-state index in [1.54, 1.807) is 6.92 Å². The van der Waals surface area contributed by atoms with Gasteiger partial charge in [0.25, 0.3) is 5.91 Å². The van der Waals surface area contributed by atoms with Gasteiger partial charge in [0.05, 0.1) is 22.0 Å². The summed E-state index contributed by atoms with van der Waals surface area (Å²) in [6.45, 7) is 2.71. The molecule has 0 atom stereocenters. The summed E-state index contributed by atoms with van der Waals surface area (Å²) in [6, 6.07) is 2.33. The van der Waals surface area contributed by atoms with Gasteiger partial charge in [-0.05, 0) is 12.1 Å². The van der Waals surface area contributed by atoms with Gasteiger partial charge < -0.3 is 8.83 Å². The van der Waals surface area contributed by atoms with Gasteiger partial charge in [0.15, 0.2) is 9.84 Å². The number of carbonyl (C=O) groups is 1. The maximum atomic E-state index is 12.5. The average Bonchev–Trinajstić information content (AvgIpc) is 3.12. The number of halogens is 1. The fourth-order valence-corrected chi connectivity index (χ4v) is 3.74. The van der Waals surface area contributed by atoms with Crippen molar-refractivity contribution < 1.29 is 22.0 Å². The average molecular weight is 428 g/mol. The second-order valence-electron chi connectivity index (χ2n) is 5.80. The summed E-state index contributed by atoms with van der Waals surface area (Å²) in [5, 5.41) is 13.3. The van der Waals surface area contributed by atoms with Crippen molar-refractivity contribution in [3.05, 3.63) is 50.6 Å². The Morgan fingerprint density at radius 1 is 1.21 bits per heavy atom. The second kappa shape index (κ2) is 7.20. The number of carbonyl (C=O) groups excluding carboxylic acids is 1. The molecule has 0 aliphatic carbocycles. The largest absolute Gasteiger partial charge is 0.437 e. The van der Waals surface area contributed by atoms with Crippen molar-refractivity contribution in [2.24, 2.45) is 0 Å². The highest BCUT2D eigenvalue weighted by Crippen LogP contribution is 2.29. The van der Waals surface area contributed by atoms with E-state index in [1.807, 2.05) is 0 Å². The summed E-state index contributed by atoms with van der Waals surface area (Å²) in [5.74, 6) is -1.14. The lowest BCUT2D eigenvalue weighted by atomic mass is 10.1. The van der Waals surface area contributed by atoms with Crippen molar-refractivity contribution in [1.29, 1.82) is 0 Å². The molecule has 0 unspecified atom stereocenters. The van der Waals surface area contributed by atoms with E-state index in [-0.39, 0.29) is 45.4 Å². The van der Waals surface area contributed by atoms with Crippen LogP contribution in [0.15, 0.2) is 30.7 Å². The van der Waals surface area contributed by atoms with Crippen LogP contribution in [0.1, 0.15) is 27.7 Å². The highest BCUT2D eigenvalue weighted by Gasteiger charge is 2.24. The van der Waals surface area contributed by atoms with Crippen LogP contribution in [0.3, 0.4) is 0 Å². The molecule has 0 saturated heterocycles. The number of nitrogens with one attached hydrogen (secondary N) is 1. The molecule has 3 aromatic rings. The third-order valence-electron chi connectivity index (χ3n) is 3.61. The molecule has 13 heteroatoms. The van der Waals surface area contributed by atoms with E-state index in [0.717, 1.165) is 10.9 Å². The van der Waals surface area contributed by atoms with Gasteiger partial charge in [-0.1, -0.05) is 16.7 Å². The molecule has 0 aliphatic rings. The van der Waals surface area contributed by atoms with Crippen LogP contribution in [-0.2, 0) is 16.4 Å². The number of hydrogen-bond donors (Lipinski definition) is 1. The summed E-state index contributed by atoms with van der Waals surface area (Å²) in [6.07, 6.45) is 0.986. The zero-order valence-electron chi connectivity index (χ0n) is 14.9. The SMILES string of the molecule is Cc1nnc(NC(=O)c2ccc(S(C)(=O)=O)c(Cn3nc(C)oc3=O)c2Cl)o1. The van der Waals surface area contributed by atoms with Crippen molar-refractivity contribution >= 4 is 33.4 Å². The molecule has 0 aliphatic heterocycles. The maximum Gasteiger partial charge on any atom is 0.437 e. The standard InChI is InChI=1S/C15H14ClN5O6S/c1-7-18-19-14(26-7)17-13(22)9-4-5-11(28(3,24)25)10(12(9)16)6-21-15(23)27-8(2)20-21/h4-5H,6H2,1-3H3,(H,17,19,22). The number of aryl methyl sites for hydroxylation is 2. The van der Waals surface area contributed by atoms with Gasteiger partial charge in [-0.2, -0.15) is 4.68 Å². The number of sulfone groups is 1. The van der Waals surface area contributed by atoms with E-state index in [9.17, 15) is 18.0 Å². The van der Waals surface area contributed by atoms with Crippen LogP contribution in [0, 0.1) is 13.8 Å². The molecule has 0 fully saturated rings. The predicted molar refractivity (Wildman–Crippen MR) is 96.2 cm³/mol. The molecule has 0 radical (unpaired) electrons. The fourth-order valence-electron chi connectivity index (χ4n) is 2.45. The van der Waals surface area contributed by atoms with Gasteiger partial charge in [-0.15, -0.1) is 10.2 Å². The lowest BCUT2D eigenvalue weighted by Crippen LogP contribution is -2.20. The van der Waals surface area contributed by atoms with E-state index < -0.39 is 21.5 Å². The second-order valence-corrected chi connectivity index (χ2v) is 8.16. The van der Waals surface area contributed by atoms with Crippen LogP contribution >= 0.6 is 11.6 Å². The minimum absolute atomic E-state index is 0.0222. The third-order valence-corrected chi connectivity index (χ3v) is 5.22. The van der Waals surface area contributed by atoms with Crippen LogP contribution in [-0.4, -0.2) is 40.6 Å². The molecular formula is C15H14ClN5O6S. The van der Waals surface area contributed by atoms with Crippen LogP contribution in [0.5, 0.6) is 0 Å². The van der Waals surface area contributed by atoms with Gasteiger partial charge in [0.1, 0.15) is 0 Å². The summed E-state index contributed by atoms with van der Waals surface area (Å²) in [5.41, 5.74) is -0.0258. The van der Waals surface area contributed by atoms with E-state index in [1.165, 1.54) is 19.1 Å². The van der Waals surface area contributed by atoms with Gasteiger partial charge in [0.2, 0.25) is 11.8 Å². The molecule has 2 aromatic heterocycles. The summed E-state index contributed by atoms with van der Waals surface area (Å²) in [4.78, 5) is 24.2. The molecule has 0 bridgehead atoms. The molecule has 1 N–H and O–H groups in total. The Morgan fingerprint density at radius 3 is 2.46 bits per heavy atom. The van der Waals surface area contributed by atoms with Crippen molar-refractivity contribution in [2.75, 3.05) is 11.6 Å². The zero-order valence-corrected chi connectivity index (χ0v) is 16.5. The van der Waals surface area contributed by atoms with Crippen LogP contribution in [0.2, 0.25) is 5.02 Å². The van der Waals surface area contributed by atoms with Crippen molar-refractivity contribution in [3.63, 3.8) is 0 Å². The van der Waals surface area contributed by atoms with Crippen molar-refractivity contribution in [2.45, 2.75) is 25.3 Å². The van der Waals surface area contributed by atoms with E-state index >= 15 is 0 Å². The Hall–Kier alpha value is -2.99. The molecule has 1 amide bonds. The van der Waals surface area contributed by atoms with Gasteiger partial charge in [-0.3, -0.25) is 10.1 Å². The Kier molecular flexibility index (Phi) is 5.08. The number of benzene rings is 1. The molecule has 11 nitrogen and oxygen atoms in total. The molecule has 148 valence electrons. The van der Waals surface area contributed by atoms with E-state index in [2.05, 4.69) is 20.6 Å². The van der Waals surface area contributed by atoms with Crippen molar-refractivity contribution in [1.82, 2.24) is 20.0 Å². The Bertz CT molecular complexity index is 1230. The normalized spacial score (nSPS) is 11.6. The Balaban J connectivity index is 2.07. The van der Waals surface area contributed by atoms with E-state index in [4.69, 9.17) is 20.4 Å². The topological polar surface area (TPSA) is 150 Å². The lowest BCUT2D eigenvalue weighted by molar-refractivity contribution is 0.102. The number of amides is 1. The summed E-state index contributed by atoms with van der Waals surface area (Å²) < 4.78 is 35.1. The first-order valence-electron chi connectivity index (χ1n) is 7.73. The Morgan fingerprint density at radius 2 is 1.93 bits per heavy atom. The highest BCUT2D eigenvalue weighted by molar-refractivity contribution is 7.90. The number of nitrogens with zero attached hydrogens (tertiary/aromatic N) is 4. The summed E-state index contributed by atoms with van der Waals surface area (Å²) >= 11 is 6.33. The first kappa shape index (κ1) is 19.8. The van der Waals surface area contributed by atoms with Crippen LogP contribution < -0.4 is 11.1 Å². The Labute approximate surface area is 163 Å². The van der Waals surface area contributed by atoms with Crippen LogP contribution in [0.4, 0.5) is 6.01 Å². The van der Waals surface area contributed by atoms with Crippen LogP contribution in [0.25, 0.3) is 0 Å². The zero-order chi connectivity index (χ0) is 20.6. The molecule has 28 heavy (non-hydrogen) atoms. The summed E-state index contributed by atoms with van der Waals surface area (Å²) in [7, 11) is -3.71. The van der Waals surface area contributed by atoms with E-state index in [0.29, 0.717) is 0 Å². The fraction of sp³-hybridized carbons (Fsp3) is 0.267. The predicted octanol–water partition coefficient (Wildman–Crippen LogP) is 1.19. The van der Waals surface area contributed by atoms with Crippen molar-refractivity contribution in [3.8, 4) is 0 Å². The van der Waals surface area contributed by atoms with Gasteiger partial charge >= 0.3 is 11.8 Å². The number of aromatic nitrogens is 4. The lowest BCUT2D eigenvalue weighted by Gasteiger charge is -2.13. The molecule has 2 heterocycles. The smallest absolute Gasteiger partial charge is 0.408 e. The molecular weight excluding hydrogens is 414 g/mol. The molecule has 0 saturated carbocycles. The molecule has 1 aromatic carbocycles. The number of rotatable bonds is 5. The molecule has 3 rings (SSSR count). The first-order valence-corrected chi connectivity index (χ1v) is 10.0. The number of hydrogen-bond acceptors (Lipinski definition) is 9. The molecule has 0 spiro atoms. The third kappa shape index (κ3) is 3.97. The first-order chi connectivity index (χ1) is 13.1. The quantitative estimate of drug-likeness (QED) is 0.633. The minimum Gasteiger partial charge on any atom is -0.408 e. The minimum atomic E-state index is -3.71. The van der Waals surface area contributed by atoms with Gasteiger partial charge in [0, 0.05) is 25.7 Å². The van der Waals surface area contributed by atoms with Gasteiger partial charge in [-0.25, -0.2) is 13.2 Å². The monoisotopic (exact) mass is 427 g/mol. The maximum absolute atomic E-state index is 12.5.